The maximum absolute atomic E-state index is 8.64. The second kappa shape index (κ2) is 6.06. The predicted molar refractivity (Wildman–Crippen MR) is 64.1 cm³/mol. The quantitative estimate of drug-likeness (QED) is 0.824. The van der Waals surface area contributed by atoms with Gasteiger partial charge in [-0.2, -0.15) is 5.26 Å². The molecule has 0 aliphatic carbocycles. The van der Waals surface area contributed by atoms with Gasteiger partial charge >= 0.3 is 0 Å². The highest BCUT2D eigenvalue weighted by atomic mass is 15.1. The van der Waals surface area contributed by atoms with E-state index < -0.39 is 0 Å². The molecule has 0 bridgehead atoms. The largest absolute Gasteiger partial charge is 0.352 e. The molecule has 0 aliphatic rings. The van der Waals surface area contributed by atoms with Crippen LogP contribution in [0.2, 0.25) is 0 Å². The van der Waals surface area contributed by atoms with Gasteiger partial charge in [-0.15, -0.1) is 0 Å². The van der Waals surface area contributed by atoms with Crippen molar-refractivity contribution >= 4 is 5.95 Å². The number of nitrogens with one attached hydrogen (secondary N) is 1. The highest BCUT2D eigenvalue weighted by Gasteiger charge is 2.05. The molecule has 0 amide bonds. The molecule has 4 heteroatoms. The van der Waals surface area contributed by atoms with Gasteiger partial charge in [0.25, 0.3) is 0 Å². The summed E-state index contributed by atoms with van der Waals surface area (Å²) < 4.78 is 0. The van der Waals surface area contributed by atoms with Gasteiger partial charge in [0.1, 0.15) is 0 Å². The van der Waals surface area contributed by atoms with E-state index in [4.69, 9.17) is 5.26 Å². The fourth-order valence-corrected chi connectivity index (χ4v) is 1.60. The molecule has 16 heavy (non-hydrogen) atoms. The van der Waals surface area contributed by atoms with Crippen LogP contribution in [0, 0.1) is 18.3 Å². The molecule has 1 rings (SSSR count). The summed E-state index contributed by atoms with van der Waals surface area (Å²) in [6.07, 6.45) is 2.55. The monoisotopic (exact) mass is 218 g/mol. The lowest BCUT2D eigenvalue weighted by atomic mass is 10.2. The lowest BCUT2D eigenvalue weighted by Crippen LogP contribution is -2.17. The smallest absolute Gasteiger partial charge is 0.223 e. The zero-order chi connectivity index (χ0) is 12.0. The number of nitriles is 1. The van der Waals surface area contributed by atoms with Crippen molar-refractivity contribution < 1.29 is 0 Å². The minimum absolute atomic E-state index is 0.334. The molecular weight excluding hydrogens is 200 g/mol. The summed E-state index contributed by atoms with van der Waals surface area (Å²) in [4.78, 5) is 8.61. The number of rotatable bonds is 5. The van der Waals surface area contributed by atoms with Crippen molar-refractivity contribution in [1.29, 1.82) is 5.26 Å². The van der Waals surface area contributed by atoms with Gasteiger partial charge in [0, 0.05) is 11.7 Å². The van der Waals surface area contributed by atoms with Crippen molar-refractivity contribution in [3.8, 4) is 6.07 Å². The molecule has 0 aromatic carbocycles. The first-order valence-corrected chi connectivity index (χ1v) is 5.63. The van der Waals surface area contributed by atoms with Crippen molar-refractivity contribution in [1.82, 2.24) is 9.97 Å². The third-order valence-electron chi connectivity index (χ3n) is 2.26. The maximum Gasteiger partial charge on any atom is 0.223 e. The van der Waals surface area contributed by atoms with Crippen LogP contribution in [0.3, 0.4) is 0 Å². The van der Waals surface area contributed by atoms with Crippen LogP contribution in [0.5, 0.6) is 0 Å². The number of nitrogens with zero attached hydrogens (tertiary/aromatic N) is 3. The van der Waals surface area contributed by atoms with Gasteiger partial charge in [-0.25, -0.2) is 9.97 Å². The summed E-state index contributed by atoms with van der Waals surface area (Å²) >= 11 is 0. The van der Waals surface area contributed by atoms with Crippen molar-refractivity contribution in [3.05, 3.63) is 17.5 Å². The minimum atomic E-state index is 0.334. The van der Waals surface area contributed by atoms with Gasteiger partial charge in [-0.05, 0) is 26.3 Å². The number of anilines is 1. The standard InChI is InChI=1S/C12H18N4/c1-4-5-9(2)14-12-15-10(3)8-11(16-12)6-7-13/h8-9H,4-6H2,1-3H3,(H,14,15,16). The Kier molecular flexibility index (Phi) is 4.71. The van der Waals surface area contributed by atoms with E-state index in [1.807, 2.05) is 13.0 Å². The number of hydrogen-bond acceptors (Lipinski definition) is 4. The topological polar surface area (TPSA) is 61.6 Å². The van der Waals surface area contributed by atoms with E-state index >= 15 is 0 Å². The van der Waals surface area contributed by atoms with Crippen LogP contribution < -0.4 is 5.32 Å². The first-order chi connectivity index (χ1) is 7.65. The first kappa shape index (κ1) is 12.4. The van der Waals surface area contributed by atoms with Crippen LogP contribution in [0.4, 0.5) is 5.95 Å². The lowest BCUT2D eigenvalue weighted by Gasteiger charge is -2.13. The van der Waals surface area contributed by atoms with E-state index in [-0.39, 0.29) is 0 Å². The van der Waals surface area contributed by atoms with Crippen molar-refractivity contribution in [2.75, 3.05) is 5.32 Å². The molecule has 1 aromatic heterocycles. The van der Waals surface area contributed by atoms with Gasteiger partial charge in [0.2, 0.25) is 5.95 Å². The van der Waals surface area contributed by atoms with Gasteiger partial charge in [0.05, 0.1) is 18.2 Å². The number of hydrogen-bond donors (Lipinski definition) is 1. The Morgan fingerprint density at radius 1 is 1.50 bits per heavy atom. The zero-order valence-corrected chi connectivity index (χ0v) is 10.1. The number of aromatic nitrogens is 2. The third-order valence-corrected chi connectivity index (χ3v) is 2.26. The van der Waals surface area contributed by atoms with Crippen molar-refractivity contribution in [3.63, 3.8) is 0 Å². The van der Waals surface area contributed by atoms with Crippen LogP contribution in [-0.4, -0.2) is 16.0 Å². The summed E-state index contributed by atoms with van der Waals surface area (Å²) in [6, 6.07) is 4.31. The zero-order valence-electron chi connectivity index (χ0n) is 10.1. The van der Waals surface area contributed by atoms with E-state index in [0.29, 0.717) is 18.4 Å². The predicted octanol–water partition coefficient (Wildman–Crippen LogP) is 2.45. The SMILES string of the molecule is CCCC(C)Nc1nc(C)cc(CC#N)n1. The Bertz CT molecular complexity index is 381. The molecule has 0 aliphatic heterocycles. The summed E-state index contributed by atoms with van der Waals surface area (Å²) in [5, 5.41) is 11.9. The molecule has 1 unspecified atom stereocenters. The van der Waals surface area contributed by atoms with E-state index in [1.165, 1.54) is 0 Å². The second-order valence-electron chi connectivity index (χ2n) is 3.99. The molecule has 0 spiro atoms. The van der Waals surface area contributed by atoms with Gasteiger partial charge in [-0.3, -0.25) is 0 Å². The minimum Gasteiger partial charge on any atom is -0.352 e. The average molecular weight is 218 g/mol. The van der Waals surface area contributed by atoms with Crippen molar-refractivity contribution in [2.24, 2.45) is 0 Å². The molecule has 0 saturated heterocycles. The molecule has 86 valence electrons. The van der Waals surface area contributed by atoms with E-state index in [1.54, 1.807) is 0 Å². The highest BCUT2D eigenvalue weighted by Crippen LogP contribution is 2.08. The molecule has 0 fully saturated rings. The first-order valence-electron chi connectivity index (χ1n) is 5.63. The van der Waals surface area contributed by atoms with Crippen LogP contribution in [0.1, 0.15) is 38.1 Å². The van der Waals surface area contributed by atoms with Crippen molar-refractivity contribution in [2.45, 2.75) is 46.1 Å². The van der Waals surface area contributed by atoms with E-state index in [9.17, 15) is 0 Å². The molecule has 0 radical (unpaired) electrons. The normalized spacial score (nSPS) is 11.9. The molecule has 0 saturated carbocycles. The van der Waals surface area contributed by atoms with Crippen LogP contribution in [0.25, 0.3) is 0 Å². The lowest BCUT2D eigenvalue weighted by molar-refractivity contribution is 0.682. The third kappa shape index (κ3) is 3.85. The van der Waals surface area contributed by atoms with Crippen LogP contribution in [-0.2, 0) is 6.42 Å². The Balaban J connectivity index is 2.76. The van der Waals surface area contributed by atoms with Gasteiger partial charge in [0.15, 0.2) is 0 Å². The molecule has 4 nitrogen and oxygen atoms in total. The van der Waals surface area contributed by atoms with Gasteiger partial charge in [-0.1, -0.05) is 13.3 Å². The summed E-state index contributed by atoms with van der Waals surface area (Å²) in [6.45, 7) is 6.17. The Morgan fingerprint density at radius 3 is 2.88 bits per heavy atom. The van der Waals surface area contributed by atoms with E-state index in [0.717, 1.165) is 24.2 Å². The fraction of sp³-hybridized carbons (Fsp3) is 0.583. The summed E-state index contributed by atoms with van der Waals surface area (Å²) in [7, 11) is 0. The number of aryl methyl sites for hydroxylation is 1. The van der Waals surface area contributed by atoms with Gasteiger partial charge < -0.3 is 5.32 Å². The van der Waals surface area contributed by atoms with Crippen LogP contribution in [0.15, 0.2) is 6.07 Å². The second-order valence-corrected chi connectivity index (χ2v) is 3.99. The average Bonchev–Trinajstić information content (AvgIpc) is 2.17. The molecule has 1 atom stereocenters. The molecular formula is C12H18N4. The Hall–Kier alpha value is -1.63. The molecule has 1 N–H and O–H groups in total. The Labute approximate surface area is 96.7 Å². The highest BCUT2D eigenvalue weighted by molar-refractivity contribution is 5.29. The summed E-state index contributed by atoms with van der Waals surface area (Å²) in [5.41, 5.74) is 1.67. The van der Waals surface area contributed by atoms with Crippen LogP contribution >= 0.6 is 0 Å². The molecule has 1 aromatic rings. The maximum atomic E-state index is 8.64. The Morgan fingerprint density at radius 2 is 2.25 bits per heavy atom. The summed E-state index contributed by atoms with van der Waals surface area (Å²) in [5.74, 6) is 0.631. The van der Waals surface area contributed by atoms with E-state index in [2.05, 4.69) is 35.2 Å². The molecule has 1 heterocycles. The fourth-order valence-electron chi connectivity index (χ4n) is 1.60.